The zero-order valence-electron chi connectivity index (χ0n) is 21.2. The summed E-state index contributed by atoms with van der Waals surface area (Å²) in [7, 11) is -5.63. The van der Waals surface area contributed by atoms with Gasteiger partial charge in [-0.3, -0.25) is 9.35 Å². The van der Waals surface area contributed by atoms with Crippen LogP contribution in [0.3, 0.4) is 0 Å². The van der Waals surface area contributed by atoms with E-state index in [0.29, 0.717) is 29.6 Å². The van der Waals surface area contributed by atoms with Gasteiger partial charge in [0.2, 0.25) is 0 Å². The highest BCUT2D eigenvalue weighted by Crippen LogP contribution is 2.68. The third-order valence-corrected chi connectivity index (χ3v) is 11.9. The second kappa shape index (κ2) is 9.50. The summed E-state index contributed by atoms with van der Waals surface area (Å²) < 4.78 is 61.1. The van der Waals surface area contributed by atoms with Crippen molar-refractivity contribution in [1.82, 2.24) is 0 Å². The van der Waals surface area contributed by atoms with Gasteiger partial charge < -0.3 is 9.84 Å². The first-order valence-electron chi connectivity index (χ1n) is 13.4. The van der Waals surface area contributed by atoms with Crippen LogP contribution >= 0.6 is 0 Å². The van der Waals surface area contributed by atoms with E-state index in [9.17, 15) is 27.1 Å². The number of hydrogen-bond acceptors (Lipinski definition) is 5. The van der Waals surface area contributed by atoms with Crippen molar-refractivity contribution < 1.29 is 36.4 Å². The van der Waals surface area contributed by atoms with Crippen molar-refractivity contribution in [3.05, 3.63) is 0 Å². The molecule has 202 valence electrons. The third kappa shape index (κ3) is 4.67. The molecule has 0 aromatic rings. The number of halogens is 2. The number of aliphatic hydroxyl groups excluding tert-OH is 1. The fraction of sp³-hybridized carbons (Fsp3) is 0.962. The zero-order chi connectivity index (χ0) is 25.8. The van der Waals surface area contributed by atoms with Crippen molar-refractivity contribution in [2.45, 2.75) is 103 Å². The summed E-state index contributed by atoms with van der Waals surface area (Å²) in [4.78, 5) is 12.0. The van der Waals surface area contributed by atoms with Gasteiger partial charge in [0.15, 0.2) is 6.61 Å². The minimum atomic E-state index is -5.63. The molecule has 0 spiro atoms. The van der Waals surface area contributed by atoms with Crippen LogP contribution in [0.1, 0.15) is 91.4 Å². The fourth-order valence-electron chi connectivity index (χ4n) is 9.08. The van der Waals surface area contributed by atoms with Gasteiger partial charge in [0, 0.05) is 6.42 Å². The van der Waals surface area contributed by atoms with Crippen molar-refractivity contribution in [3.8, 4) is 0 Å². The summed E-state index contributed by atoms with van der Waals surface area (Å²) in [6.45, 7) is 5.07. The number of fused-ring (bicyclic) bond motifs is 5. The van der Waals surface area contributed by atoms with Gasteiger partial charge in [-0.25, -0.2) is 0 Å². The molecule has 2 N–H and O–H groups in total. The van der Waals surface area contributed by atoms with Crippen LogP contribution in [0.2, 0.25) is 0 Å². The van der Waals surface area contributed by atoms with E-state index in [1.54, 1.807) is 0 Å². The maximum atomic E-state index is 13.3. The molecule has 35 heavy (non-hydrogen) atoms. The van der Waals surface area contributed by atoms with E-state index in [0.717, 1.165) is 25.2 Å². The zero-order valence-corrected chi connectivity index (χ0v) is 22.0. The first-order chi connectivity index (χ1) is 16.2. The molecule has 4 rings (SSSR count). The van der Waals surface area contributed by atoms with Crippen LogP contribution in [0.4, 0.5) is 8.78 Å². The maximum Gasteiger partial charge on any atom is 0.402 e. The lowest BCUT2D eigenvalue weighted by molar-refractivity contribution is -0.168. The van der Waals surface area contributed by atoms with Gasteiger partial charge >= 0.3 is 21.3 Å². The van der Waals surface area contributed by atoms with E-state index in [2.05, 4.69) is 25.5 Å². The number of esters is 1. The van der Waals surface area contributed by atoms with E-state index in [1.807, 2.05) is 0 Å². The summed E-state index contributed by atoms with van der Waals surface area (Å²) in [5.41, 5.74) is 0.112. The van der Waals surface area contributed by atoms with Gasteiger partial charge in [-0.2, -0.15) is 17.2 Å². The van der Waals surface area contributed by atoms with Gasteiger partial charge in [-0.15, -0.1) is 0 Å². The first kappa shape index (κ1) is 27.2. The van der Waals surface area contributed by atoms with Crippen LogP contribution in [-0.2, 0) is 19.6 Å². The number of carbonyl (C=O) groups is 1. The molecule has 6 nitrogen and oxygen atoms in total. The summed E-state index contributed by atoms with van der Waals surface area (Å²) in [6, 6.07) is 0. The molecule has 4 fully saturated rings. The second-order valence-electron chi connectivity index (χ2n) is 12.5. The number of aliphatic hydroxyl groups is 1. The van der Waals surface area contributed by atoms with Crippen LogP contribution in [0, 0.1) is 46.3 Å². The predicted octanol–water partition coefficient (Wildman–Crippen LogP) is 5.45. The standard InChI is InChI=1S/C26H42F2O6S/c1-16(7-12-23(30)34-15-26(27,28)35(31,32)33)19-10-11-20-18-9-8-17-6-4-5-13-24(17,2)21(18)14-22(29)25(19,20)3/h16-22,29H,4-15H2,1-3H3,(H,31,32,33)/t16-,17+,18+,19-,20+,21+,22+,24+,25-/m1/s1. The van der Waals surface area contributed by atoms with E-state index < -0.39 is 27.9 Å². The lowest BCUT2D eigenvalue weighted by atomic mass is 9.44. The number of alkyl halides is 2. The Morgan fingerprint density at radius 2 is 1.83 bits per heavy atom. The maximum absolute atomic E-state index is 13.3. The highest BCUT2D eigenvalue weighted by molar-refractivity contribution is 7.86. The van der Waals surface area contributed by atoms with Crippen molar-refractivity contribution in [2.75, 3.05) is 6.61 Å². The first-order valence-corrected chi connectivity index (χ1v) is 14.8. The number of hydrogen-bond donors (Lipinski definition) is 2. The van der Waals surface area contributed by atoms with Crippen molar-refractivity contribution in [3.63, 3.8) is 0 Å². The van der Waals surface area contributed by atoms with Gasteiger partial charge in [-0.1, -0.05) is 33.6 Å². The topological polar surface area (TPSA) is 101 Å². The molecule has 4 aliphatic rings. The summed E-state index contributed by atoms with van der Waals surface area (Å²) in [5.74, 6) is 1.86. The number of carbonyl (C=O) groups excluding carboxylic acids is 1. The van der Waals surface area contributed by atoms with E-state index >= 15 is 0 Å². The quantitative estimate of drug-likeness (QED) is 0.342. The monoisotopic (exact) mass is 520 g/mol. The third-order valence-electron chi connectivity index (χ3n) is 11.0. The Morgan fingerprint density at radius 1 is 1.11 bits per heavy atom. The van der Waals surface area contributed by atoms with Gasteiger partial charge in [0.05, 0.1) is 6.10 Å². The van der Waals surface area contributed by atoms with Crippen LogP contribution in [0.5, 0.6) is 0 Å². The smallest absolute Gasteiger partial charge is 0.402 e. The molecule has 0 aromatic carbocycles. The minimum absolute atomic E-state index is 0.0902. The Kier molecular flexibility index (Phi) is 7.39. The molecule has 0 bridgehead atoms. The minimum Gasteiger partial charge on any atom is -0.458 e. The Labute approximate surface area is 208 Å². The van der Waals surface area contributed by atoms with Crippen LogP contribution in [0.25, 0.3) is 0 Å². The second-order valence-corrected chi connectivity index (χ2v) is 14.0. The van der Waals surface area contributed by atoms with Crippen molar-refractivity contribution in [1.29, 1.82) is 0 Å². The molecular formula is C26H42F2O6S. The van der Waals surface area contributed by atoms with Crippen LogP contribution in [0.15, 0.2) is 0 Å². The molecule has 4 saturated carbocycles. The highest BCUT2D eigenvalue weighted by atomic mass is 32.2. The van der Waals surface area contributed by atoms with Gasteiger partial charge in [-0.05, 0) is 97.7 Å². The Balaban J connectivity index is 1.39. The molecule has 0 aliphatic heterocycles. The number of rotatable bonds is 7. The van der Waals surface area contributed by atoms with E-state index in [-0.39, 0.29) is 29.8 Å². The average molecular weight is 521 g/mol. The number of ether oxygens (including phenoxy) is 1. The Morgan fingerprint density at radius 3 is 2.51 bits per heavy atom. The van der Waals surface area contributed by atoms with E-state index in [1.165, 1.54) is 38.5 Å². The molecule has 0 saturated heterocycles. The normalized spacial score (nSPS) is 42.5. The summed E-state index contributed by atoms with van der Waals surface area (Å²) in [5, 5.41) is 7.06. The van der Waals surface area contributed by atoms with Gasteiger partial charge in [0.1, 0.15) is 0 Å². The predicted molar refractivity (Wildman–Crippen MR) is 127 cm³/mol. The molecular weight excluding hydrogens is 478 g/mol. The molecule has 0 amide bonds. The van der Waals surface area contributed by atoms with E-state index in [4.69, 9.17) is 4.55 Å². The fourth-order valence-corrected chi connectivity index (χ4v) is 9.29. The molecule has 0 aromatic heterocycles. The van der Waals surface area contributed by atoms with Crippen molar-refractivity contribution in [2.24, 2.45) is 46.3 Å². The highest BCUT2D eigenvalue weighted by Gasteiger charge is 2.63. The summed E-state index contributed by atoms with van der Waals surface area (Å²) >= 11 is 0. The lowest BCUT2D eigenvalue weighted by Gasteiger charge is -2.62. The van der Waals surface area contributed by atoms with Gasteiger partial charge in [0.25, 0.3) is 0 Å². The SMILES string of the molecule is C[C@H](CCC(=O)OCC(F)(F)S(=O)(=O)O)[C@H]1CC[C@H]2[C@@H]3CC[C@@H]4CCCC[C@]4(C)[C@H]3C[C@H](O)[C@]12C. The average Bonchev–Trinajstić information content (AvgIpc) is 3.14. The molecule has 0 heterocycles. The Hall–Kier alpha value is -0.800. The van der Waals surface area contributed by atoms with Crippen LogP contribution < -0.4 is 0 Å². The molecule has 4 aliphatic carbocycles. The molecule has 0 radical (unpaired) electrons. The summed E-state index contributed by atoms with van der Waals surface area (Å²) in [6.07, 6.45) is 10.6. The largest absolute Gasteiger partial charge is 0.458 e. The lowest BCUT2D eigenvalue weighted by Crippen LogP contribution is -2.58. The molecule has 0 unspecified atom stereocenters. The molecule has 9 heteroatoms. The Bertz CT molecular complexity index is 910. The van der Waals surface area contributed by atoms with Crippen LogP contribution in [-0.4, -0.2) is 42.0 Å². The molecule has 9 atom stereocenters. The van der Waals surface area contributed by atoms with Crippen molar-refractivity contribution >= 4 is 16.1 Å².